The number of ketones is 1. The maximum atomic E-state index is 12.5. The zero-order valence-corrected chi connectivity index (χ0v) is 8.69. The van der Waals surface area contributed by atoms with Gasteiger partial charge in [-0.05, 0) is 19.4 Å². The molecular formula is C11H13F3O. The summed E-state index contributed by atoms with van der Waals surface area (Å²) in [6.45, 7) is 5.95. The van der Waals surface area contributed by atoms with Crippen molar-refractivity contribution in [1.29, 1.82) is 0 Å². The van der Waals surface area contributed by atoms with Crippen LogP contribution in [-0.2, 0) is 4.79 Å². The Bertz CT molecular complexity index is 308. The van der Waals surface area contributed by atoms with Gasteiger partial charge in [-0.25, -0.2) is 0 Å². The lowest BCUT2D eigenvalue weighted by Gasteiger charge is -2.13. The highest BCUT2D eigenvalue weighted by atomic mass is 19.4. The normalized spacial score (nSPS) is 13.9. The molecule has 0 atom stereocenters. The quantitative estimate of drug-likeness (QED) is 0.659. The predicted octanol–water partition coefficient (Wildman–Crippen LogP) is 3.59. The van der Waals surface area contributed by atoms with E-state index in [9.17, 15) is 18.0 Å². The summed E-state index contributed by atoms with van der Waals surface area (Å²) in [6.07, 6.45) is -1.43. The number of hydrogen-bond donors (Lipinski definition) is 0. The van der Waals surface area contributed by atoms with E-state index in [2.05, 4.69) is 6.58 Å². The predicted molar refractivity (Wildman–Crippen MR) is 53.4 cm³/mol. The van der Waals surface area contributed by atoms with Gasteiger partial charge in [-0.2, -0.15) is 13.2 Å². The fourth-order valence-electron chi connectivity index (χ4n) is 1.12. The molecule has 0 amide bonds. The van der Waals surface area contributed by atoms with Crippen molar-refractivity contribution in [2.24, 2.45) is 0 Å². The fourth-order valence-corrected chi connectivity index (χ4v) is 1.12. The molecule has 0 aromatic heterocycles. The fraction of sp³-hybridized carbons (Fsp3) is 0.364. The van der Waals surface area contributed by atoms with Crippen molar-refractivity contribution in [2.75, 3.05) is 0 Å². The molecule has 84 valence electrons. The molecule has 0 saturated carbocycles. The summed E-state index contributed by atoms with van der Waals surface area (Å²) in [5.74, 6) is -0.303. The standard InChI is InChI=1S/C11H13F3O/c1-4-6-10(11(12,13)14)9(5-2)7-8(3)15/h4-6H,1,7H2,2-3H3/b9-5-,10-6+. The van der Waals surface area contributed by atoms with Gasteiger partial charge >= 0.3 is 6.18 Å². The van der Waals surface area contributed by atoms with Crippen LogP contribution in [0.2, 0.25) is 0 Å². The van der Waals surface area contributed by atoms with E-state index in [4.69, 9.17) is 0 Å². The molecule has 0 saturated heterocycles. The lowest BCUT2D eigenvalue weighted by Crippen LogP contribution is -2.15. The first-order valence-corrected chi connectivity index (χ1v) is 4.37. The van der Waals surface area contributed by atoms with Gasteiger partial charge in [0.1, 0.15) is 5.78 Å². The van der Waals surface area contributed by atoms with Crippen LogP contribution in [0.4, 0.5) is 13.2 Å². The van der Waals surface area contributed by atoms with Crippen LogP contribution >= 0.6 is 0 Å². The largest absolute Gasteiger partial charge is 0.416 e. The first-order chi connectivity index (χ1) is 6.82. The Hall–Kier alpha value is -1.32. The Morgan fingerprint density at radius 3 is 2.20 bits per heavy atom. The number of allylic oxidation sites excluding steroid dienone is 5. The molecule has 0 aromatic rings. The van der Waals surface area contributed by atoms with Gasteiger partial charge < -0.3 is 0 Å². The summed E-state index contributed by atoms with van der Waals surface area (Å²) in [7, 11) is 0. The van der Waals surface area contributed by atoms with Gasteiger partial charge in [0, 0.05) is 6.42 Å². The molecule has 0 rings (SSSR count). The number of rotatable bonds is 4. The highest BCUT2D eigenvalue weighted by Crippen LogP contribution is 2.32. The molecule has 0 aliphatic carbocycles. The summed E-state index contributed by atoms with van der Waals surface area (Å²) in [5.41, 5.74) is -0.829. The summed E-state index contributed by atoms with van der Waals surface area (Å²) in [5, 5.41) is 0. The summed E-state index contributed by atoms with van der Waals surface area (Å²) in [6, 6.07) is 0. The van der Waals surface area contributed by atoms with E-state index >= 15 is 0 Å². The van der Waals surface area contributed by atoms with E-state index in [1.165, 1.54) is 19.9 Å². The highest BCUT2D eigenvalue weighted by molar-refractivity contribution is 5.79. The monoisotopic (exact) mass is 218 g/mol. The SMILES string of the molecule is C=C/C=C(\C(=C/C)CC(C)=O)C(F)(F)F. The van der Waals surface area contributed by atoms with Gasteiger partial charge in [-0.3, -0.25) is 4.79 Å². The minimum absolute atomic E-state index is 0.0186. The van der Waals surface area contributed by atoms with Crippen LogP contribution in [-0.4, -0.2) is 12.0 Å². The lowest BCUT2D eigenvalue weighted by atomic mass is 10.00. The minimum atomic E-state index is -4.45. The molecule has 0 bridgehead atoms. The van der Waals surface area contributed by atoms with Crippen molar-refractivity contribution < 1.29 is 18.0 Å². The van der Waals surface area contributed by atoms with Crippen LogP contribution in [0, 0.1) is 0 Å². The van der Waals surface area contributed by atoms with E-state index < -0.39 is 11.7 Å². The molecule has 0 radical (unpaired) electrons. The van der Waals surface area contributed by atoms with Crippen LogP contribution in [0.3, 0.4) is 0 Å². The summed E-state index contributed by atoms with van der Waals surface area (Å²) >= 11 is 0. The number of alkyl halides is 3. The molecule has 0 unspecified atom stereocenters. The van der Waals surface area contributed by atoms with Crippen molar-refractivity contribution in [1.82, 2.24) is 0 Å². The highest BCUT2D eigenvalue weighted by Gasteiger charge is 2.35. The average Bonchev–Trinajstić information content (AvgIpc) is 2.08. The number of halogens is 3. The Labute approximate surface area is 87.0 Å². The minimum Gasteiger partial charge on any atom is -0.300 e. The van der Waals surface area contributed by atoms with Crippen molar-refractivity contribution in [3.05, 3.63) is 36.0 Å². The van der Waals surface area contributed by atoms with Gasteiger partial charge in [0.15, 0.2) is 0 Å². The summed E-state index contributed by atoms with van der Waals surface area (Å²) in [4.78, 5) is 10.8. The van der Waals surface area contributed by atoms with Crippen molar-refractivity contribution in [3.8, 4) is 0 Å². The van der Waals surface area contributed by atoms with E-state index in [-0.39, 0.29) is 17.8 Å². The van der Waals surface area contributed by atoms with Crippen molar-refractivity contribution in [3.63, 3.8) is 0 Å². The van der Waals surface area contributed by atoms with Crippen LogP contribution in [0.5, 0.6) is 0 Å². The van der Waals surface area contributed by atoms with Crippen molar-refractivity contribution >= 4 is 5.78 Å². The molecule has 0 N–H and O–H groups in total. The Balaban J connectivity index is 5.16. The smallest absolute Gasteiger partial charge is 0.300 e. The van der Waals surface area contributed by atoms with E-state index in [1.54, 1.807) is 0 Å². The molecule has 0 aliphatic rings. The second kappa shape index (κ2) is 5.53. The van der Waals surface area contributed by atoms with Gasteiger partial charge in [-0.15, -0.1) is 0 Å². The molecule has 0 heterocycles. The zero-order valence-electron chi connectivity index (χ0n) is 8.69. The third-order valence-corrected chi connectivity index (χ3v) is 1.72. The number of carbonyl (C=O) groups excluding carboxylic acids is 1. The zero-order chi connectivity index (χ0) is 12.1. The molecule has 0 spiro atoms. The molecule has 4 heteroatoms. The number of carbonyl (C=O) groups is 1. The maximum absolute atomic E-state index is 12.5. The van der Waals surface area contributed by atoms with Gasteiger partial charge in [0.25, 0.3) is 0 Å². The molecule has 0 fully saturated rings. The lowest BCUT2D eigenvalue weighted by molar-refractivity contribution is -0.116. The van der Waals surface area contributed by atoms with E-state index in [1.807, 2.05) is 0 Å². The second-order valence-electron chi connectivity index (χ2n) is 3.01. The first-order valence-electron chi connectivity index (χ1n) is 4.37. The van der Waals surface area contributed by atoms with Gasteiger partial charge in [0.05, 0.1) is 5.57 Å². The second-order valence-corrected chi connectivity index (χ2v) is 3.01. The third-order valence-electron chi connectivity index (χ3n) is 1.72. The van der Waals surface area contributed by atoms with Crippen LogP contribution in [0.1, 0.15) is 20.3 Å². The maximum Gasteiger partial charge on any atom is 0.416 e. The van der Waals surface area contributed by atoms with E-state index in [0.29, 0.717) is 0 Å². The molecule has 0 aromatic carbocycles. The first kappa shape index (κ1) is 13.7. The molecular weight excluding hydrogens is 205 g/mol. The number of hydrogen-bond acceptors (Lipinski definition) is 1. The Kier molecular flexibility index (Phi) is 5.05. The summed E-state index contributed by atoms with van der Waals surface area (Å²) < 4.78 is 37.6. The van der Waals surface area contributed by atoms with Crippen LogP contribution < -0.4 is 0 Å². The topological polar surface area (TPSA) is 17.1 Å². The van der Waals surface area contributed by atoms with Gasteiger partial charge in [0.2, 0.25) is 0 Å². The van der Waals surface area contributed by atoms with Crippen molar-refractivity contribution in [2.45, 2.75) is 26.4 Å². The third kappa shape index (κ3) is 4.63. The molecule has 1 nitrogen and oxygen atoms in total. The van der Waals surface area contributed by atoms with E-state index in [0.717, 1.165) is 12.2 Å². The van der Waals surface area contributed by atoms with Crippen LogP contribution in [0.15, 0.2) is 36.0 Å². The van der Waals surface area contributed by atoms with Gasteiger partial charge in [-0.1, -0.05) is 24.8 Å². The molecule has 15 heavy (non-hydrogen) atoms. The molecule has 0 aliphatic heterocycles. The van der Waals surface area contributed by atoms with Crippen LogP contribution in [0.25, 0.3) is 0 Å². The Morgan fingerprint density at radius 1 is 1.40 bits per heavy atom. The Morgan fingerprint density at radius 2 is 1.93 bits per heavy atom. The average molecular weight is 218 g/mol. The number of Topliss-reactive ketones (excluding diaryl/α,β-unsaturated/α-hetero) is 1.